The van der Waals surface area contributed by atoms with E-state index in [1.165, 1.54) is 6.39 Å². The number of ether oxygens (including phenoxy) is 2. The van der Waals surface area contributed by atoms with Gasteiger partial charge >= 0.3 is 0 Å². The van der Waals surface area contributed by atoms with Crippen molar-refractivity contribution in [3.05, 3.63) is 17.8 Å². The highest BCUT2D eigenvalue weighted by atomic mass is 16.7. The minimum Gasteiger partial charge on any atom is -0.438 e. The van der Waals surface area contributed by atoms with E-state index in [4.69, 9.17) is 13.9 Å². The average molecular weight is 242 g/mol. The zero-order valence-corrected chi connectivity index (χ0v) is 10.4. The lowest BCUT2D eigenvalue weighted by Gasteiger charge is -2.16. The van der Waals surface area contributed by atoms with E-state index < -0.39 is 6.29 Å². The summed E-state index contributed by atoms with van der Waals surface area (Å²) in [4.78, 5) is 15.5. The lowest BCUT2D eigenvalue weighted by molar-refractivity contribution is -0.131. The highest BCUT2D eigenvalue weighted by molar-refractivity contribution is 5.92. The smallest absolute Gasteiger partial charge is 0.289 e. The summed E-state index contributed by atoms with van der Waals surface area (Å²) in [7, 11) is 0. The van der Waals surface area contributed by atoms with Gasteiger partial charge < -0.3 is 19.2 Å². The van der Waals surface area contributed by atoms with E-state index in [2.05, 4.69) is 10.3 Å². The number of carbonyl (C=O) groups excluding carboxylic acids is 1. The molecule has 1 N–H and O–H groups in total. The molecule has 1 aromatic rings. The van der Waals surface area contributed by atoms with Crippen LogP contribution in [-0.4, -0.2) is 36.9 Å². The highest BCUT2D eigenvalue weighted by Gasteiger charge is 2.16. The van der Waals surface area contributed by atoms with Gasteiger partial charge in [-0.15, -0.1) is 0 Å². The van der Waals surface area contributed by atoms with Crippen molar-refractivity contribution in [3.63, 3.8) is 0 Å². The van der Waals surface area contributed by atoms with Crippen LogP contribution in [0.1, 0.15) is 30.1 Å². The van der Waals surface area contributed by atoms with E-state index in [9.17, 15) is 4.79 Å². The number of aromatic nitrogens is 1. The van der Waals surface area contributed by atoms with Crippen molar-refractivity contribution < 1.29 is 18.7 Å². The fourth-order valence-electron chi connectivity index (χ4n) is 1.31. The maximum atomic E-state index is 11.7. The molecule has 6 nitrogen and oxygen atoms in total. The summed E-state index contributed by atoms with van der Waals surface area (Å²) in [6.45, 7) is 6.79. The molecule has 0 saturated heterocycles. The van der Waals surface area contributed by atoms with Crippen LogP contribution in [0.3, 0.4) is 0 Å². The van der Waals surface area contributed by atoms with Crippen LogP contribution in [0, 0.1) is 6.92 Å². The van der Waals surface area contributed by atoms with Crippen molar-refractivity contribution in [1.29, 1.82) is 0 Å². The molecule has 1 heterocycles. The number of nitrogens with zero attached hydrogens (tertiary/aromatic N) is 1. The fraction of sp³-hybridized carbons (Fsp3) is 0.636. The summed E-state index contributed by atoms with van der Waals surface area (Å²) in [6.07, 6.45) is 0.810. The molecule has 1 aromatic heterocycles. The van der Waals surface area contributed by atoms with Crippen LogP contribution in [0.2, 0.25) is 0 Å². The van der Waals surface area contributed by atoms with Crippen molar-refractivity contribution in [3.8, 4) is 0 Å². The molecular formula is C11H18N2O4. The van der Waals surface area contributed by atoms with Crippen LogP contribution in [0.5, 0.6) is 0 Å². The molecule has 0 atom stereocenters. The first-order chi connectivity index (χ1) is 8.19. The number of hydrogen-bond acceptors (Lipinski definition) is 5. The zero-order chi connectivity index (χ0) is 12.7. The van der Waals surface area contributed by atoms with Crippen molar-refractivity contribution in [2.24, 2.45) is 0 Å². The number of aryl methyl sites for hydroxylation is 1. The molecule has 0 unspecified atom stereocenters. The van der Waals surface area contributed by atoms with E-state index in [-0.39, 0.29) is 18.2 Å². The van der Waals surface area contributed by atoms with Gasteiger partial charge in [0.15, 0.2) is 12.7 Å². The first kappa shape index (κ1) is 13.7. The van der Waals surface area contributed by atoms with Gasteiger partial charge in [-0.25, -0.2) is 4.98 Å². The van der Waals surface area contributed by atoms with E-state index in [0.717, 1.165) is 0 Å². The van der Waals surface area contributed by atoms with Crippen molar-refractivity contribution >= 4 is 5.91 Å². The summed E-state index contributed by atoms with van der Waals surface area (Å²) < 4.78 is 15.6. The summed E-state index contributed by atoms with van der Waals surface area (Å²) in [5, 5.41) is 2.67. The predicted molar refractivity (Wildman–Crippen MR) is 60.6 cm³/mol. The first-order valence-corrected chi connectivity index (χ1v) is 5.60. The van der Waals surface area contributed by atoms with E-state index in [0.29, 0.717) is 18.9 Å². The number of rotatable bonds is 7. The molecule has 96 valence electrons. The molecule has 0 spiro atoms. The molecule has 0 radical (unpaired) electrons. The molecule has 0 aliphatic rings. The number of nitrogens with one attached hydrogen (secondary N) is 1. The minimum atomic E-state index is -0.433. The summed E-state index contributed by atoms with van der Waals surface area (Å²) >= 11 is 0. The van der Waals surface area contributed by atoms with Crippen molar-refractivity contribution in [2.75, 3.05) is 19.8 Å². The highest BCUT2D eigenvalue weighted by Crippen LogP contribution is 2.04. The fourth-order valence-corrected chi connectivity index (χ4v) is 1.31. The second kappa shape index (κ2) is 7.03. The second-order valence-corrected chi connectivity index (χ2v) is 3.32. The molecule has 0 aliphatic carbocycles. The Kier molecular flexibility index (Phi) is 5.65. The quantitative estimate of drug-likeness (QED) is 0.725. The van der Waals surface area contributed by atoms with Gasteiger partial charge in [-0.1, -0.05) is 0 Å². The van der Waals surface area contributed by atoms with Gasteiger partial charge in [-0.05, 0) is 20.8 Å². The monoisotopic (exact) mass is 242 g/mol. The molecular weight excluding hydrogens is 224 g/mol. The van der Waals surface area contributed by atoms with Gasteiger partial charge in [-0.2, -0.15) is 0 Å². The third-order valence-corrected chi connectivity index (χ3v) is 2.09. The Labute approximate surface area is 100 Å². The van der Waals surface area contributed by atoms with Crippen LogP contribution in [-0.2, 0) is 9.47 Å². The van der Waals surface area contributed by atoms with Crippen LogP contribution < -0.4 is 5.32 Å². The van der Waals surface area contributed by atoms with Crippen LogP contribution >= 0.6 is 0 Å². The first-order valence-electron chi connectivity index (χ1n) is 5.60. The summed E-state index contributed by atoms with van der Waals surface area (Å²) in [5.74, 6) is -0.0962. The zero-order valence-electron chi connectivity index (χ0n) is 10.4. The Hall–Kier alpha value is -1.40. The Morgan fingerprint density at radius 2 is 2.12 bits per heavy atom. The lowest BCUT2D eigenvalue weighted by atomic mass is 10.3. The predicted octanol–water partition coefficient (Wildman–Crippen LogP) is 1.11. The number of hydrogen-bond donors (Lipinski definition) is 1. The molecule has 1 amide bonds. The van der Waals surface area contributed by atoms with Crippen LogP contribution in [0.4, 0.5) is 0 Å². The lowest BCUT2D eigenvalue weighted by Crippen LogP contribution is -2.35. The average Bonchev–Trinajstić information content (AvgIpc) is 2.72. The number of carbonyl (C=O) groups is 1. The molecule has 0 fully saturated rings. The molecule has 17 heavy (non-hydrogen) atoms. The summed E-state index contributed by atoms with van der Waals surface area (Å²) in [6, 6.07) is 0. The standard InChI is InChI=1S/C11H18N2O4/c1-4-15-9(16-5-2)6-12-11(14)10-8(3)13-7-17-10/h7,9H,4-6H2,1-3H3,(H,12,14). The number of oxazole rings is 1. The van der Waals surface area contributed by atoms with Gasteiger partial charge in [0, 0.05) is 13.2 Å². The Morgan fingerprint density at radius 1 is 1.47 bits per heavy atom. The van der Waals surface area contributed by atoms with Crippen molar-refractivity contribution in [2.45, 2.75) is 27.1 Å². The topological polar surface area (TPSA) is 73.6 Å². The molecule has 0 saturated carbocycles. The molecule has 1 rings (SSSR count). The molecule has 0 aromatic carbocycles. The third kappa shape index (κ3) is 4.16. The van der Waals surface area contributed by atoms with Gasteiger partial charge in [-0.3, -0.25) is 4.79 Å². The second-order valence-electron chi connectivity index (χ2n) is 3.32. The largest absolute Gasteiger partial charge is 0.438 e. The maximum Gasteiger partial charge on any atom is 0.289 e. The number of amides is 1. The van der Waals surface area contributed by atoms with Crippen LogP contribution in [0.15, 0.2) is 10.8 Å². The summed E-state index contributed by atoms with van der Waals surface area (Å²) in [5.41, 5.74) is 0.562. The van der Waals surface area contributed by atoms with E-state index in [1.807, 2.05) is 13.8 Å². The van der Waals surface area contributed by atoms with Gasteiger partial charge in [0.2, 0.25) is 5.76 Å². The normalized spacial score (nSPS) is 10.8. The minimum absolute atomic E-state index is 0.219. The Bertz CT molecular complexity index is 345. The SMILES string of the molecule is CCOC(CNC(=O)c1ocnc1C)OCC. The van der Waals surface area contributed by atoms with Crippen LogP contribution in [0.25, 0.3) is 0 Å². The van der Waals surface area contributed by atoms with Gasteiger partial charge in [0.05, 0.1) is 12.2 Å². The molecule has 0 aliphatic heterocycles. The van der Waals surface area contributed by atoms with Gasteiger partial charge in [0.1, 0.15) is 0 Å². The maximum absolute atomic E-state index is 11.7. The Balaban J connectivity index is 2.43. The van der Waals surface area contributed by atoms with E-state index >= 15 is 0 Å². The molecule has 6 heteroatoms. The van der Waals surface area contributed by atoms with Crippen molar-refractivity contribution in [1.82, 2.24) is 10.3 Å². The van der Waals surface area contributed by atoms with Gasteiger partial charge in [0.25, 0.3) is 5.91 Å². The Morgan fingerprint density at radius 3 is 2.59 bits per heavy atom. The van der Waals surface area contributed by atoms with E-state index in [1.54, 1.807) is 6.92 Å². The third-order valence-electron chi connectivity index (χ3n) is 2.09. The molecule has 0 bridgehead atoms.